The molecule has 0 saturated carbocycles. The summed E-state index contributed by atoms with van der Waals surface area (Å²) in [7, 11) is 0. The van der Waals surface area contributed by atoms with Crippen molar-refractivity contribution in [3.63, 3.8) is 0 Å². The molecule has 1 saturated heterocycles. The largest absolute Gasteiger partial charge is 0.346 e. The lowest BCUT2D eigenvalue weighted by molar-refractivity contribution is -0.0443. The van der Waals surface area contributed by atoms with Crippen LogP contribution in [0.5, 0.6) is 0 Å². The zero-order valence-electron chi connectivity index (χ0n) is 9.84. The Hall–Kier alpha value is -1.79. The van der Waals surface area contributed by atoms with E-state index in [1.165, 1.54) is 10.7 Å². The van der Waals surface area contributed by atoms with Gasteiger partial charge in [-0.15, -0.1) is 5.10 Å². The third kappa shape index (κ3) is 2.00. The predicted molar refractivity (Wildman–Crippen MR) is 60.7 cm³/mol. The molecule has 18 heavy (non-hydrogen) atoms. The average molecular weight is 249 g/mol. The Labute approximate surface area is 103 Å². The van der Waals surface area contributed by atoms with Gasteiger partial charge in [0.2, 0.25) is 5.95 Å². The maximum atomic E-state index is 13.0. The monoisotopic (exact) mass is 249 g/mol. The minimum Gasteiger partial charge on any atom is -0.346 e. The van der Waals surface area contributed by atoms with Crippen LogP contribution in [0.25, 0.3) is 5.82 Å². The van der Waals surface area contributed by atoms with Crippen LogP contribution in [0.1, 0.15) is 17.5 Å². The van der Waals surface area contributed by atoms with E-state index in [0.29, 0.717) is 24.7 Å². The highest BCUT2D eigenvalue weighted by Crippen LogP contribution is 2.23. The highest BCUT2D eigenvalue weighted by atomic mass is 19.1. The molecule has 0 spiro atoms. The Bertz CT molecular complexity index is 547. The lowest BCUT2D eigenvalue weighted by atomic mass is 10.3. The van der Waals surface area contributed by atoms with Gasteiger partial charge in [-0.2, -0.15) is 4.39 Å². The first-order valence-corrected chi connectivity index (χ1v) is 5.66. The minimum absolute atomic E-state index is 0.345. The maximum absolute atomic E-state index is 13.0. The molecular weight excluding hydrogens is 237 g/mol. The van der Waals surface area contributed by atoms with Crippen LogP contribution in [0.15, 0.2) is 24.4 Å². The van der Waals surface area contributed by atoms with Crippen molar-refractivity contribution >= 4 is 0 Å². The number of rotatable bonds is 2. The van der Waals surface area contributed by atoms with Crippen LogP contribution in [0.4, 0.5) is 4.39 Å². The number of ether oxygens (including phenoxy) is 2. The Kier molecular flexibility index (Phi) is 2.81. The second kappa shape index (κ2) is 4.47. The van der Waals surface area contributed by atoms with E-state index < -0.39 is 5.95 Å². The lowest BCUT2D eigenvalue weighted by Crippen LogP contribution is -2.04. The summed E-state index contributed by atoms with van der Waals surface area (Å²) in [5.41, 5.74) is 1.54. The van der Waals surface area contributed by atoms with Crippen molar-refractivity contribution in [2.75, 3.05) is 13.2 Å². The van der Waals surface area contributed by atoms with Gasteiger partial charge in [-0.05, 0) is 19.1 Å². The van der Waals surface area contributed by atoms with Crippen LogP contribution >= 0.6 is 0 Å². The normalized spacial score (nSPS) is 16.3. The number of hydrogen-bond donors (Lipinski definition) is 0. The highest BCUT2D eigenvalue weighted by molar-refractivity contribution is 5.27. The molecule has 0 amide bonds. The molecule has 2 aromatic rings. The van der Waals surface area contributed by atoms with Crippen molar-refractivity contribution in [1.82, 2.24) is 14.8 Å². The predicted octanol–water partition coefficient (Wildman–Crippen LogP) is 1.76. The fraction of sp³-hybridized carbons (Fsp3) is 0.333. The number of hydrogen-bond acceptors (Lipinski definition) is 4. The molecule has 0 atom stereocenters. The molecule has 94 valence electrons. The van der Waals surface area contributed by atoms with Gasteiger partial charge in [0.15, 0.2) is 12.1 Å². The molecule has 5 nitrogen and oxygen atoms in total. The van der Waals surface area contributed by atoms with Gasteiger partial charge in [0.05, 0.1) is 13.2 Å². The van der Waals surface area contributed by atoms with Crippen molar-refractivity contribution in [2.24, 2.45) is 0 Å². The molecule has 6 heteroatoms. The molecule has 1 fully saturated rings. The van der Waals surface area contributed by atoms with E-state index in [2.05, 4.69) is 10.1 Å². The topological polar surface area (TPSA) is 49.2 Å². The Balaban J connectivity index is 1.88. The van der Waals surface area contributed by atoms with Gasteiger partial charge >= 0.3 is 0 Å². The zero-order chi connectivity index (χ0) is 12.5. The van der Waals surface area contributed by atoms with Gasteiger partial charge in [0.25, 0.3) is 0 Å². The van der Waals surface area contributed by atoms with Gasteiger partial charge in [-0.3, -0.25) is 0 Å². The second-order valence-corrected chi connectivity index (χ2v) is 4.04. The van der Waals surface area contributed by atoms with Gasteiger partial charge < -0.3 is 9.47 Å². The van der Waals surface area contributed by atoms with E-state index in [0.717, 1.165) is 5.56 Å². The molecule has 0 aromatic carbocycles. The number of halogens is 1. The van der Waals surface area contributed by atoms with Crippen LogP contribution in [0.3, 0.4) is 0 Å². The molecule has 1 aliphatic heterocycles. The summed E-state index contributed by atoms with van der Waals surface area (Å²) in [6.45, 7) is 2.96. The van der Waals surface area contributed by atoms with Gasteiger partial charge in [0.1, 0.15) is 0 Å². The Morgan fingerprint density at radius 1 is 1.33 bits per heavy atom. The maximum Gasteiger partial charge on any atom is 0.233 e. The fourth-order valence-electron chi connectivity index (χ4n) is 1.88. The van der Waals surface area contributed by atoms with Crippen LogP contribution in [-0.4, -0.2) is 28.0 Å². The molecular formula is C12H12FN3O2. The average Bonchev–Trinajstić information content (AvgIpc) is 2.99. The van der Waals surface area contributed by atoms with Crippen LogP contribution in [-0.2, 0) is 9.47 Å². The Morgan fingerprint density at radius 2 is 2.11 bits per heavy atom. The standard InChI is InChI=1S/C12H12FN3O2/c1-8-6-10(13)15-16(8)11-3-2-9(7-14-11)12-17-4-5-18-12/h2-3,6-7,12H,4-5H2,1H3. The molecule has 3 rings (SSSR count). The van der Waals surface area contributed by atoms with E-state index in [4.69, 9.17) is 9.47 Å². The number of aryl methyl sites for hydroxylation is 1. The van der Waals surface area contributed by atoms with Gasteiger partial charge in [-0.25, -0.2) is 9.67 Å². The first kappa shape index (κ1) is 11.3. The summed E-state index contributed by atoms with van der Waals surface area (Å²) < 4.78 is 25.2. The third-order valence-electron chi connectivity index (χ3n) is 2.74. The van der Waals surface area contributed by atoms with E-state index >= 15 is 0 Å². The molecule has 2 aromatic heterocycles. The van der Waals surface area contributed by atoms with Crippen molar-refractivity contribution in [3.05, 3.63) is 41.6 Å². The van der Waals surface area contributed by atoms with Crippen LogP contribution in [0, 0.1) is 12.9 Å². The summed E-state index contributed by atoms with van der Waals surface area (Å²) >= 11 is 0. The molecule has 3 heterocycles. The van der Waals surface area contributed by atoms with E-state index in [-0.39, 0.29) is 6.29 Å². The Morgan fingerprint density at radius 3 is 2.67 bits per heavy atom. The number of nitrogens with zero attached hydrogens (tertiary/aromatic N) is 3. The van der Waals surface area contributed by atoms with E-state index in [1.807, 2.05) is 6.07 Å². The smallest absolute Gasteiger partial charge is 0.233 e. The van der Waals surface area contributed by atoms with Crippen molar-refractivity contribution in [2.45, 2.75) is 13.2 Å². The molecule has 0 radical (unpaired) electrons. The van der Waals surface area contributed by atoms with Crippen LogP contribution < -0.4 is 0 Å². The van der Waals surface area contributed by atoms with Crippen molar-refractivity contribution in [1.29, 1.82) is 0 Å². The van der Waals surface area contributed by atoms with Crippen LogP contribution in [0.2, 0.25) is 0 Å². The number of aromatic nitrogens is 3. The summed E-state index contributed by atoms with van der Waals surface area (Å²) in [5.74, 6) is 0.0546. The highest BCUT2D eigenvalue weighted by Gasteiger charge is 2.18. The molecule has 0 unspecified atom stereocenters. The first-order chi connectivity index (χ1) is 8.74. The summed E-state index contributed by atoms with van der Waals surface area (Å²) in [4.78, 5) is 4.24. The van der Waals surface area contributed by atoms with Gasteiger partial charge in [-0.1, -0.05) is 0 Å². The molecule has 0 N–H and O–H groups in total. The van der Waals surface area contributed by atoms with Crippen molar-refractivity contribution < 1.29 is 13.9 Å². The van der Waals surface area contributed by atoms with E-state index in [9.17, 15) is 4.39 Å². The zero-order valence-corrected chi connectivity index (χ0v) is 9.84. The third-order valence-corrected chi connectivity index (χ3v) is 2.74. The summed E-state index contributed by atoms with van der Waals surface area (Å²) in [6, 6.07) is 4.97. The minimum atomic E-state index is -0.513. The molecule has 0 bridgehead atoms. The van der Waals surface area contributed by atoms with Crippen molar-refractivity contribution in [3.8, 4) is 5.82 Å². The van der Waals surface area contributed by atoms with E-state index in [1.54, 1.807) is 19.2 Å². The fourth-order valence-corrected chi connectivity index (χ4v) is 1.88. The van der Waals surface area contributed by atoms with Gasteiger partial charge in [0, 0.05) is 23.5 Å². The molecule has 1 aliphatic rings. The number of pyridine rings is 1. The summed E-state index contributed by atoms with van der Waals surface area (Å²) in [6.07, 6.45) is 1.31. The SMILES string of the molecule is Cc1cc(F)nn1-c1ccc(C2OCCO2)cn1. The second-order valence-electron chi connectivity index (χ2n) is 4.04. The summed E-state index contributed by atoms with van der Waals surface area (Å²) in [5, 5.41) is 3.73. The first-order valence-electron chi connectivity index (χ1n) is 5.66. The lowest BCUT2D eigenvalue weighted by Gasteiger charge is -2.09. The molecule has 0 aliphatic carbocycles. The quantitative estimate of drug-likeness (QED) is 0.813.